The highest BCUT2D eigenvalue weighted by Gasteiger charge is 2.29. The highest BCUT2D eigenvalue weighted by Crippen LogP contribution is 2.29. The lowest BCUT2D eigenvalue weighted by molar-refractivity contribution is -0.137. The molecule has 0 atom stereocenters. The van der Waals surface area contributed by atoms with Crippen LogP contribution in [0.5, 0.6) is 0 Å². The Hall–Kier alpha value is -3.68. The van der Waals surface area contributed by atoms with Crippen LogP contribution in [0.3, 0.4) is 0 Å². The summed E-state index contributed by atoms with van der Waals surface area (Å²) in [6.45, 7) is 1.48. The maximum Gasteiger partial charge on any atom is 0.416 e. The summed E-state index contributed by atoms with van der Waals surface area (Å²) in [6.07, 6.45) is -0.193. The number of aromatic nitrogens is 1. The van der Waals surface area contributed by atoms with E-state index in [4.69, 9.17) is 4.42 Å². The predicted molar refractivity (Wildman–Crippen MR) is 105 cm³/mol. The standard InChI is InChI=1S/C22H17F3N2O3/c1-14(28)17-4-2-3-16(11-17)12-21-27-19(13-30-21)26-20(29)10-7-15-5-8-18(9-6-15)22(23,24)25/h2-11,13H,12H2,1H3,(H,26,29)/b10-7-. The van der Waals surface area contributed by atoms with Crippen molar-refractivity contribution in [2.75, 3.05) is 5.32 Å². The number of hydrogen-bond acceptors (Lipinski definition) is 4. The van der Waals surface area contributed by atoms with Gasteiger partial charge in [-0.3, -0.25) is 9.59 Å². The Balaban J connectivity index is 1.59. The van der Waals surface area contributed by atoms with Gasteiger partial charge in [0.05, 0.1) is 5.56 Å². The van der Waals surface area contributed by atoms with E-state index in [2.05, 4.69) is 10.3 Å². The van der Waals surface area contributed by atoms with Crippen molar-refractivity contribution in [3.05, 3.63) is 89.0 Å². The third kappa shape index (κ3) is 5.66. The molecular formula is C22H17F3N2O3. The molecule has 3 rings (SSSR count). The zero-order chi connectivity index (χ0) is 21.7. The number of benzene rings is 2. The summed E-state index contributed by atoms with van der Waals surface area (Å²) in [5, 5.41) is 2.52. The summed E-state index contributed by atoms with van der Waals surface area (Å²) in [4.78, 5) is 27.6. The van der Waals surface area contributed by atoms with Gasteiger partial charge in [0.25, 0.3) is 0 Å². The van der Waals surface area contributed by atoms with Gasteiger partial charge < -0.3 is 9.73 Å². The molecule has 8 heteroatoms. The lowest BCUT2D eigenvalue weighted by Gasteiger charge is -2.05. The molecule has 1 heterocycles. The largest absolute Gasteiger partial charge is 0.446 e. The van der Waals surface area contributed by atoms with Crippen molar-refractivity contribution in [2.45, 2.75) is 19.5 Å². The van der Waals surface area contributed by atoms with Crippen LogP contribution in [-0.2, 0) is 17.4 Å². The fraction of sp³-hybridized carbons (Fsp3) is 0.136. The summed E-state index contributed by atoms with van der Waals surface area (Å²) in [5.41, 5.74) is 1.11. The number of nitrogens with one attached hydrogen (secondary N) is 1. The molecule has 2 aromatic carbocycles. The van der Waals surface area contributed by atoms with E-state index in [0.29, 0.717) is 23.4 Å². The first-order chi connectivity index (χ1) is 14.2. The van der Waals surface area contributed by atoms with E-state index in [1.165, 1.54) is 37.5 Å². The molecule has 0 saturated carbocycles. The normalized spacial score (nSPS) is 11.6. The van der Waals surface area contributed by atoms with Gasteiger partial charge in [0.2, 0.25) is 5.91 Å². The molecule has 0 unspecified atom stereocenters. The number of Topliss-reactive ketones (excluding diaryl/α,β-unsaturated/α-hetero) is 1. The lowest BCUT2D eigenvalue weighted by atomic mass is 10.1. The maximum absolute atomic E-state index is 12.6. The number of hydrogen-bond donors (Lipinski definition) is 1. The van der Waals surface area contributed by atoms with E-state index >= 15 is 0 Å². The van der Waals surface area contributed by atoms with Gasteiger partial charge in [0.1, 0.15) is 6.26 Å². The SMILES string of the molecule is CC(=O)c1cccc(Cc2nc(NC(=O)/C=C\c3ccc(C(F)(F)F)cc3)co2)c1. The molecule has 0 radical (unpaired) electrons. The van der Waals surface area contributed by atoms with E-state index in [1.54, 1.807) is 18.2 Å². The number of halogens is 3. The Morgan fingerprint density at radius 3 is 2.53 bits per heavy atom. The number of alkyl halides is 3. The van der Waals surface area contributed by atoms with E-state index in [1.807, 2.05) is 6.07 Å². The Kier molecular flexibility index (Phi) is 6.15. The highest BCUT2D eigenvalue weighted by molar-refractivity contribution is 6.01. The number of anilines is 1. The van der Waals surface area contributed by atoms with Crippen LogP contribution >= 0.6 is 0 Å². The van der Waals surface area contributed by atoms with Crippen LogP contribution in [0.4, 0.5) is 19.0 Å². The minimum Gasteiger partial charge on any atom is -0.446 e. The second-order valence-corrected chi connectivity index (χ2v) is 6.50. The molecule has 0 aliphatic rings. The number of ketones is 1. The molecule has 1 amide bonds. The molecule has 0 aliphatic carbocycles. The molecule has 0 spiro atoms. The van der Waals surface area contributed by atoms with Crippen molar-refractivity contribution in [2.24, 2.45) is 0 Å². The first-order valence-electron chi connectivity index (χ1n) is 8.91. The third-order valence-electron chi connectivity index (χ3n) is 4.16. The topological polar surface area (TPSA) is 72.2 Å². The quantitative estimate of drug-likeness (QED) is 0.448. The molecule has 154 valence electrons. The molecule has 30 heavy (non-hydrogen) atoms. The Bertz CT molecular complexity index is 1080. The molecule has 0 bridgehead atoms. The fourth-order valence-corrected chi connectivity index (χ4v) is 2.65. The molecule has 3 aromatic rings. The van der Waals surface area contributed by atoms with Crippen LogP contribution in [0.2, 0.25) is 0 Å². The van der Waals surface area contributed by atoms with Gasteiger partial charge in [-0.05, 0) is 42.3 Å². The Morgan fingerprint density at radius 1 is 1.13 bits per heavy atom. The van der Waals surface area contributed by atoms with Crippen LogP contribution in [0.1, 0.15) is 39.9 Å². The van der Waals surface area contributed by atoms with Crippen molar-refractivity contribution in [3.63, 3.8) is 0 Å². The summed E-state index contributed by atoms with van der Waals surface area (Å²) in [7, 11) is 0. The molecule has 0 aliphatic heterocycles. The zero-order valence-corrected chi connectivity index (χ0v) is 15.9. The number of nitrogens with zero attached hydrogens (tertiary/aromatic N) is 1. The minimum absolute atomic E-state index is 0.0444. The average molecular weight is 414 g/mol. The van der Waals surface area contributed by atoms with Gasteiger partial charge in [-0.25, -0.2) is 0 Å². The van der Waals surface area contributed by atoms with E-state index in [0.717, 1.165) is 17.7 Å². The third-order valence-corrected chi connectivity index (χ3v) is 4.16. The minimum atomic E-state index is -4.41. The second-order valence-electron chi connectivity index (χ2n) is 6.50. The number of oxazole rings is 1. The second kappa shape index (κ2) is 8.77. The van der Waals surface area contributed by atoms with Crippen LogP contribution < -0.4 is 5.32 Å². The van der Waals surface area contributed by atoms with Crippen LogP contribution in [0.25, 0.3) is 6.08 Å². The highest BCUT2D eigenvalue weighted by atomic mass is 19.4. The van der Waals surface area contributed by atoms with Gasteiger partial charge in [0, 0.05) is 18.1 Å². The van der Waals surface area contributed by atoms with Crippen molar-refractivity contribution >= 4 is 23.6 Å². The summed E-state index contributed by atoms with van der Waals surface area (Å²) in [5.74, 6) is 0.0119. The lowest BCUT2D eigenvalue weighted by Crippen LogP contribution is -2.08. The van der Waals surface area contributed by atoms with Crippen molar-refractivity contribution in [1.82, 2.24) is 4.98 Å². The molecular weight excluding hydrogens is 397 g/mol. The van der Waals surface area contributed by atoms with Crippen LogP contribution in [0.15, 0.2) is 65.3 Å². The van der Waals surface area contributed by atoms with Crippen LogP contribution in [-0.4, -0.2) is 16.7 Å². The number of carbonyl (C=O) groups is 2. The molecule has 1 aromatic heterocycles. The van der Waals surface area contributed by atoms with Crippen molar-refractivity contribution in [1.29, 1.82) is 0 Å². The van der Waals surface area contributed by atoms with Gasteiger partial charge in [0.15, 0.2) is 17.5 Å². The van der Waals surface area contributed by atoms with E-state index in [-0.39, 0.29) is 11.6 Å². The van der Waals surface area contributed by atoms with E-state index < -0.39 is 17.6 Å². The zero-order valence-electron chi connectivity index (χ0n) is 15.9. The van der Waals surface area contributed by atoms with Gasteiger partial charge >= 0.3 is 6.18 Å². The Morgan fingerprint density at radius 2 is 1.87 bits per heavy atom. The molecule has 0 saturated heterocycles. The molecule has 1 N–H and O–H groups in total. The summed E-state index contributed by atoms with van der Waals surface area (Å²) < 4.78 is 43.0. The summed E-state index contributed by atoms with van der Waals surface area (Å²) in [6, 6.07) is 11.5. The predicted octanol–water partition coefficient (Wildman–Crippen LogP) is 5.14. The van der Waals surface area contributed by atoms with Crippen LogP contribution in [0, 0.1) is 0 Å². The maximum atomic E-state index is 12.6. The smallest absolute Gasteiger partial charge is 0.416 e. The van der Waals surface area contributed by atoms with Crippen molar-refractivity contribution < 1.29 is 27.2 Å². The average Bonchev–Trinajstić information content (AvgIpc) is 3.13. The van der Waals surface area contributed by atoms with Crippen molar-refractivity contribution in [3.8, 4) is 0 Å². The van der Waals surface area contributed by atoms with Gasteiger partial charge in [-0.1, -0.05) is 30.3 Å². The number of carbonyl (C=O) groups excluding carboxylic acids is 2. The number of rotatable bonds is 6. The van der Waals surface area contributed by atoms with E-state index in [9.17, 15) is 22.8 Å². The first kappa shape index (κ1) is 21.0. The summed E-state index contributed by atoms with van der Waals surface area (Å²) >= 11 is 0. The first-order valence-corrected chi connectivity index (χ1v) is 8.91. The molecule has 5 nitrogen and oxygen atoms in total. The van der Waals surface area contributed by atoms with Gasteiger partial charge in [-0.15, -0.1) is 0 Å². The van der Waals surface area contributed by atoms with Gasteiger partial charge in [-0.2, -0.15) is 18.2 Å². The Labute approximate surface area is 170 Å². The number of amides is 1. The fourth-order valence-electron chi connectivity index (χ4n) is 2.65. The monoisotopic (exact) mass is 414 g/mol. The molecule has 0 fully saturated rings.